The molecule has 0 amide bonds. The zero-order valence-electron chi connectivity index (χ0n) is 16.4. The number of unbranched alkanes of at least 4 members (excludes halogenated alkanes) is 1. The van der Waals surface area contributed by atoms with Crippen LogP contribution in [0, 0.1) is 11.8 Å². The van der Waals surface area contributed by atoms with Gasteiger partial charge in [0.25, 0.3) is 0 Å². The first-order valence-electron chi connectivity index (χ1n) is 9.79. The van der Waals surface area contributed by atoms with Gasteiger partial charge < -0.3 is 4.48 Å². The fourth-order valence-corrected chi connectivity index (χ4v) is 4.37. The third-order valence-corrected chi connectivity index (χ3v) is 6.21. The first kappa shape index (κ1) is 21.0. The van der Waals surface area contributed by atoms with Crippen molar-refractivity contribution in [2.75, 3.05) is 13.1 Å². The van der Waals surface area contributed by atoms with Crippen molar-refractivity contribution in [1.29, 1.82) is 0 Å². The Morgan fingerprint density at radius 2 is 1.43 bits per heavy atom. The summed E-state index contributed by atoms with van der Waals surface area (Å²) in [7, 11) is 0. The summed E-state index contributed by atoms with van der Waals surface area (Å²) in [6.07, 6.45) is 8.07. The largest absolute Gasteiger partial charge is 0.319 e. The molecule has 0 aliphatic carbocycles. The normalized spacial score (nSPS) is 20.6. The van der Waals surface area contributed by atoms with Crippen LogP contribution in [0.2, 0.25) is 0 Å². The molecule has 1 nitrogen and oxygen atoms in total. The van der Waals surface area contributed by atoms with Crippen LogP contribution in [0.5, 0.6) is 0 Å². The Morgan fingerprint density at radius 3 is 1.81 bits per heavy atom. The van der Waals surface area contributed by atoms with Crippen molar-refractivity contribution in [2.45, 2.75) is 106 Å². The molecule has 21 heavy (non-hydrogen) atoms. The summed E-state index contributed by atoms with van der Waals surface area (Å²) < 4.78 is 1.36. The molecule has 0 bridgehead atoms. The zero-order valence-corrected chi connectivity index (χ0v) is 16.4. The molecule has 128 valence electrons. The van der Waals surface area contributed by atoms with Gasteiger partial charge in [0, 0.05) is 12.3 Å². The third kappa shape index (κ3) is 5.58. The van der Waals surface area contributed by atoms with Crippen LogP contribution in [0.1, 0.15) is 93.9 Å². The monoisotopic (exact) mass is 298 g/mol. The van der Waals surface area contributed by atoms with Gasteiger partial charge in [0.2, 0.25) is 0 Å². The maximum atomic E-state index is 2.54. The standard InChI is InChI=1S/C20H44N/c1-9-14-15-21(13-5,19(8)16-17(6)10-2)20(12-4)18(7)11-3/h17-20H,9-16H2,1-8H3/q+1. The van der Waals surface area contributed by atoms with Crippen LogP contribution in [0.15, 0.2) is 0 Å². The van der Waals surface area contributed by atoms with Gasteiger partial charge in [-0.2, -0.15) is 0 Å². The van der Waals surface area contributed by atoms with E-state index in [2.05, 4.69) is 55.4 Å². The van der Waals surface area contributed by atoms with Crippen LogP contribution in [-0.4, -0.2) is 29.7 Å². The molecule has 0 fully saturated rings. The van der Waals surface area contributed by atoms with E-state index in [0.29, 0.717) is 0 Å². The van der Waals surface area contributed by atoms with Crippen LogP contribution in [0.4, 0.5) is 0 Å². The van der Waals surface area contributed by atoms with Crippen molar-refractivity contribution in [3.8, 4) is 0 Å². The molecule has 0 saturated heterocycles. The lowest BCUT2D eigenvalue weighted by Crippen LogP contribution is -2.63. The highest BCUT2D eigenvalue weighted by atomic mass is 15.4. The van der Waals surface area contributed by atoms with E-state index in [4.69, 9.17) is 0 Å². The van der Waals surface area contributed by atoms with Gasteiger partial charge in [-0.3, -0.25) is 0 Å². The first-order valence-corrected chi connectivity index (χ1v) is 9.79. The lowest BCUT2D eigenvalue weighted by atomic mass is 9.88. The van der Waals surface area contributed by atoms with E-state index in [1.165, 1.54) is 56.1 Å². The van der Waals surface area contributed by atoms with E-state index in [9.17, 15) is 0 Å². The molecule has 0 spiro atoms. The fraction of sp³-hybridized carbons (Fsp3) is 1.00. The molecule has 0 aromatic rings. The Balaban J connectivity index is 5.38. The SMILES string of the molecule is CCCC[N+](CC)(C(C)CC(C)CC)C(CC)C(C)CC. The summed E-state index contributed by atoms with van der Waals surface area (Å²) in [6, 6.07) is 1.64. The molecular weight excluding hydrogens is 254 g/mol. The number of hydrogen-bond donors (Lipinski definition) is 0. The quantitative estimate of drug-likeness (QED) is 0.372. The van der Waals surface area contributed by atoms with Crippen molar-refractivity contribution < 1.29 is 4.48 Å². The van der Waals surface area contributed by atoms with Gasteiger partial charge in [0.1, 0.15) is 0 Å². The van der Waals surface area contributed by atoms with Gasteiger partial charge in [0.05, 0.1) is 25.2 Å². The molecule has 5 unspecified atom stereocenters. The zero-order chi connectivity index (χ0) is 16.5. The highest BCUT2D eigenvalue weighted by Gasteiger charge is 2.41. The summed E-state index contributed by atoms with van der Waals surface area (Å²) in [5, 5.41) is 0. The summed E-state index contributed by atoms with van der Waals surface area (Å²) >= 11 is 0. The van der Waals surface area contributed by atoms with Crippen molar-refractivity contribution in [3.05, 3.63) is 0 Å². The molecule has 1 heteroatoms. The summed E-state index contributed by atoms with van der Waals surface area (Å²) in [5.74, 6) is 1.70. The van der Waals surface area contributed by atoms with Crippen molar-refractivity contribution >= 4 is 0 Å². The average Bonchev–Trinajstić information content (AvgIpc) is 2.50. The van der Waals surface area contributed by atoms with Crippen LogP contribution in [0.3, 0.4) is 0 Å². The second kappa shape index (κ2) is 10.6. The molecule has 0 aromatic carbocycles. The predicted octanol–water partition coefficient (Wildman–Crippen LogP) is 6.27. The first-order chi connectivity index (χ1) is 9.93. The molecule has 0 aliphatic rings. The molecule has 0 rings (SSSR count). The van der Waals surface area contributed by atoms with E-state index in [1.54, 1.807) is 0 Å². The van der Waals surface area contributed by atoms with E-state index in [1.807, 2.05) is 0 Å². The van der Waals surface area contributed by atoms with Crippen LogP contribution < -0.4 is 0 Å². The number of rotatable bonds is 12. The van der Waals surface area contributed by atoms with E-state index < -0.39 is 0 Å². The van der Waals surface area contributed by atoms with Gasteiger partial charge in [0.15, 0.2) is 0 Å². The topological polar surface area (TPSA) is 0 Å². The van der Waals surface area contributed by atoms with E-state index in [-0.39, 0.29) is 0 Å². The highest BCUT2D eigenvalue weighted by Crippen LogP contribution is 2.32. The third-order valence-electron chi connectivity index (χ3n) is 6.21. The second-order valence-electron chi connectivity index (χ2n) is 7.46. The predicted molar refractivity (Wildman–Crippen MR) is 97.6 cm³/mol. The van der Waals surface area contributed by atoms with Crippen molar-refractivity contribution in [2.24, 2.45) is 11.8 Å². The minimum absolute atomic E-state index is 0.801. The molecule has 0 N–H and O–H groups in total. The van der Waals surface area contributed by atoms with Crippen LogP contribution in [0.25, 0.3) is 0 Å². The van der Waals surface area contributed by atoms with E-state index in [0.717, 1.165) is 23.9 Å². The molecule has 0 aliphatic heterocycles. The van der Waals surface area contributed by atoms with Gasteiger partial charge in [-0.25, -0.2) is 0 Å². The molecule has 0 aromatic heterocycles. The molecule has 0 heterocycles. The van der Waals surface area contributed by atoms with Crippen LogP contribution >= 0.6 is 0 Å². The van der Waals surface area contributed by atoms with Crippen molar-refractivity contribution in [1.82, 2.24) is 0 Å². The molecular formula is C20H44N+. The maximum absolute atomic E-state index is 2.54. The Morgan fingerprint density at radius 1 is 0.810 bits per heavy atom. The number of nitrogens with zero attached hydrogens (tertiary/aromatic N) is 1. The van der Waals surface area contributed by atoms with E-state index >= 15 is 0 Å². The lowest BCUT2D eigenvalue weighted by Gasteiger charge is -2.51. The number of quaternary nitrogens is 1. The highest BCUT2D eigenvalue weighted by molar-refractivity contribution is 4.71. The Kier molecular flexibility index (Phi) is 10.6. The van der Waals surface area contributed by atoms with Gasteiger partial charge in [-0.05, 0) is 39.0 Å². The molecule has 0 radical (unpaired) electrons. The average molecular weight is 299 g/mol. The minimum Gasteiger partial charge on any atom is -0.319 e. The minimum atomic E-state index is 0.801. The smallest absolute Gasteiger partial charge is 0.0915 e. The Labute approximate surface area is 136 Å². The van der Waals surface area contributed by atoms with Crippen LogP contribution in [-0.2, 0) is 0 Å². The van der Waals surface area contributed by atoms with Gasteiger partial charge in [-0.15, -0.1) is 0 Å². The maximum Gasteiger partial charge on any atom is 0.0915 e. The number of hydrogen-bond acceptors (Lipinski definition) is 0. The van der Waals surface area contributed by atoms with Crippen molar-refractivity contribution in [3.63, 3.8) is 0 Å². The fourth-order valence-electron chi connectivity index (χ4n) is 4.37. The summed E-state index contributed by atoms with van der Waals surface area (Å²) in [6.45, 7) is 22.1. The summed E-state index contributed by atoms with van der Waals surface area (Å²) in [4.78, 5) is 0. The van der Waals surface area contributed by atoms with Gasteiger partial charge in [-0.1, -0.05) is 54.4 Å². The second-order valence-corrected chi connectivity index (χ2v) is 7.46. The molecule has 0 saturated carbocycles. The van der Waals surface area contributed by atoms with Gasteiger partial charge >= 0.3 is 0 Å². The molecule has 5 atom stereocenters. The lowest BCUT2D eigenvalue weighted by molar-refractivity contribution is -0.974. The Hall–Kier alpha value is -0.0400. The summed E-state index contributed by atoms with van der Waals surface area (Å²) in [5.41, 5.74) is 0. The Bertz CT molecular complexity index is 250.